The van der Waals surface area contributed by atoms with Crippen molar-refractivity contribution in [2.45, 2.75) is 6.92 Å². The summed E-state index contributed by atoms with van der Waals surface area (Å²) in [6.45, 7) is 3.13. The van der Waals surface area contributed by atoms with Crippen LogP contribution in [0.4, 0.5) is 0 Å². The molecule has 0 radical (unpaired) electrons. The van der Waals surface area contributed by atoms with Gasteiger partial charge in [-0.15, -0.1) is 0 Å². The number of nitrogens with zero attached hydrogens (tertiary/aromatic N) is 1. The topological polar surface area (TPSA) is 57.2 Å². The lowest BCUT2D eigenvalue weighted by Crippen LogP contribution is -2.27. The maximum Gasteiger partial charge on any atom is 0.266 e. The fourth-order valence-electron chi connectivity index (χ4n) is 2.88. The van der Waals surface area contributed by atoms with E-state index in [1.54, 1.807) is 25.2 Å². The minimum atomic E-state index is -0.0809. The van der Waals surface area contributed by atoms with E-state index >= 15 is 0 Å². The first-order valence-corrected chi connectivity index (χ1v) is 11.5. The van der Waals surface area contributed by atoms with Crippen LogP contribution in [0.3, 0.4) is 0 Å². The van der Waals surface area contributed by atoms with Gasteiger partial charge in [0.05, 0.1) is 23.6 Å². The van der Waals surface area contributed by atoms with E-state index in [4.69, 9.17) is 31.2 Å². The van der Waals surface area contributed by atoms with E-state index in [9.17, 15) is 4.79 Å². The Hall–Kier alpha value is -2.23. The summed E-state index contributed by atoms with van der Waals surface area (Å²) in [7, 11) is 3.18. The average molecular weight is 524 g/mol. The Balaban J connectivity index is 1.67. The SMILES string of the molecule is CCN1C(=O)/C(=C\c2cc(Br)c(OCCOc3cccc(OC)c3)c(OC)c2)SC1=S. The smallest absolute Gasteiger partial charge is 0.266 e. The highest BCUT2D eigenvalue weighted by atomic mass is 79.9. The Bertz CT molecular complexity index is 1010. The van der Waals surface area contributed by atoms with Crippen molar-refractivity contribution >= 4 is 56.2 Å². The molecule has 1 fully saturated rings. The van der Waals surface area contributed by atoms with Crippen molar-refractivity contribution in [2.24, 2.45) is 0 Å². The van der Waals surface area contributed by atoms with E-state index < -0.39 is 0 Å². The van der Waals surface area contributed by atoms with Gasteiger partial charge in [0.1, 0.15) is 29.0 Å². The van der Waals surface area contributed by atoms with Gasteiger partial charge in [-0.25, -0.2) is 0 Å². The molecule has 1 amide bonds. The number of likely N-dealkylation sites (N-methyl/N-ethyl adjacent to an activating group) is 1. The van der Waals surface area contributed by atoms with Crippen molar-refractivity contribution in [3.8, 4) is 23.0 Å². The number of carbonyl (C=O) groups is 1. The van der Waals surface area contributed by atoms with Crippen LogP contribution >= 0.6 is 39.9 Å². The van der Waals surface area contributed by atoms with Crippen LogP contribution in [0.5, 0.6) is 23.0 Å². The molecule has 1 aliphatic rings. The van der Waals surface area contributed by atoms with Crippen molar-refractivity contribution in [1.82, 2.24) is 4.90 Å². The number of hydrogen-bond donors (Lipinski definition) is 0. The minimum Gasteiger partial charge on any atom is -0.497 e. The molecule has 0 unspecified atom stereocenters. The first-order chi connectivity index (χ1) is 15.0. The molecular formula is C22H22BrNO5S2. The first kappa shape index (κ1) is 23.4. The van der Waals surface area contributed by atoms with Crippen LogP contribution in [-0.4, -0.2) is 49.1 Å². The average Bonchev–Trinajstić information content (AvgIpc) is 3.04. The summed E-state index contributed by atoms with van der Waals surface area (Å²) in [6.07, 6.45) is 1.80. The molecule has 0 aliphatic carbocycles. The Labute approximate surface area is 199 Å². The van der Waals surface area contributed by atoms with Gasteiger partial charge in [-0.3, -0.25) is 9.69 Å². The maximum atomic E-state index is 12.4. The van der Waals surface area contributed by atoms with E-state index in [1.165, 1.54) is 11.8 Å². The summed E-state index contributed by atoms with van der Waals surface area (Å²) in [6, 6.07) is 11.1. The summed E-state index contributed by atoms with van der Waals surface area (Å²) in [5, 5.41) is 0. The second-order valence-electron chi connectivity index (χ2n) is 6.34. The van der Waals surface area contributed by atoms with E-state index in [-0.39, 0.29) is 5.91 Å². The Morgan fingerprint density at radius 2 is 1.84 bits per heavy atom. The second kappa shape index (κ2) is 10.9. The third-order valence-corrected chi connectivity index (χ3v) is 6.35. The molecule has 0 bridgehead atoms. The van der Waals surface area contributed by atoms with Crippen LogP contribution < -0.4 is 18.9 Å². The second-order valence-corrected chi connectivity index (χ2v) is 8.87. The number of benzene rings is 2. The van der Waals surface area contributed by atoms with Crippen LogP contribution in [0.25, 0.3) is 6.08 Å². The van der Waals surface area contributed by atoms with E-state index in [2.05, 4.69) is 15.9 Å². The van der Waals surface area contributed by atoms with Crippen LogP contribution in [0.2, 0.25) is 0 Å². The number of hydrogen-bond acceptors (Lipinski definition) is 7. The van der Waals surface area contributed by atoms with Gasteiger partial charge in [0.2, 0.25) is 0 Å². The molecule has 0 aromatic heterocycles. The quantitative estimate of drug-likeness (QED) is 0.256. The normalized spacial score (nSPS) is 14.8. The Morgan fingerprint density at radius 1 is 1.10 bits per heavy atom. The third-order valence-electron chi connectivity index (χ3n) is 4.38. The number of methoxy groups -OCH3 is 2. The fraction of sp³-hybridized carbons (Fsp3) is 0.273. The fourth-order valence-corrected chi connectivity index (χ4v) is 4.84. The molecule has 0 N–H and O–H groups in total. The molecule has 0 atom stereocenters. The van der Waals surface area contributed by atoms with E-state index in [1.807, 2.05) is 43.3 Å². The van der Waals surface area contributed by atoms with Gasteiger partial charge in [0.25, 0.3) is 5.91 Å². The molecule has 1 heterocycles. The maximum absolute atomic E-state index is 12.4. The van der Waals surface area contributed by atoms with Gasteiger partial charge >= 0.3 is 0 Å². The summed E-state index contributed by atoms with van der Waals surface area (Å²) in [5.74, 6) is 2.47. The number of halogens is 1. The van der Waals surface area contributed by atoms with Crippen LogP contribution in [0.1, 0.15) is 12.5 Å². The number of rotatable bonds is 9. The highest BCUT2D eigenvalue weighted by Crippen LogP contribution is 2.39. The molecule has 2 aromatic rings. The zero-order valence-corrected chi connectivity index (χ0v) is 20.6. The van der Waals surface area contributed by atoms with Gasteiger partial charge < -0.3 is 18.9 Å². The Kier molecular flexibility index (Phi) is 8.22. The molecule has 0 saturated carbocycles. The molecular weight excluding hydrogens is 502 g/mol. The third kappa shape index (κ3) is 5.72. The predicted octanol–water partition coefficient (Wildman–Crippen LogP) is 5.15. The highest BCUT2D eigenvalue weighted by Gasteiger charge is 2.30. The van der Waals surface area contributed by atoms with Crippen LogP contribution in [0, 0.1) is 0 Å². The zero-order valence-electron chi connectivity index (χ0n) is 17.3. The summed E-state index contributed by atoms with van der Waals surface area (Å²) >= 11 is 10.1. The predicted molar refractivity (Wildman–Crippen MR) is 130 cm³/mol. The lowest BCUT2D eigenvalue weighted by Gasteiger charge is -2.14. The van der Waals surface area contributed by atoms with Crippen molar-refractivity contribution in [2.75, 3.05) is 34.0 Å². The number of ether oxygens (including phenoxy) is 4. The van der Waals surface area contributed by atoms with Gasteiger partial charge in [0.15, 0.2) is 11.5 Å². The number of thioether (sulfide) groups is 1. The lowest BCUT2D eigenvalue weighted by molar-refractivity contribution is -0.121. The van der Waals surface area contributed by atoms with Crippen LogP contribution in [0.15, 0.2) is 45.8 Å². The van der Waals surface area contributed by atoms with Gasteiger partial charge in [-0.1, -0.05) is 30.0 Å². The van der Waals surface area contributed by atoms with Crippen LogP contribution in [-0.2, 0) is 4.79 Å². The molecule has 31 heavy (non-hydrogen) atoms. The number of thiocarbonyl (C=S) groups is 1. The molecule has 0 spiro atoms. The minimum absolute atomic E-state index is 0.0809. The molecule has 6 nitrogen and oxygen atoms in total. The molecule has 2 aromatic carbocycles. The Morgan fingerprint density at radius 3 is 2.52 bits per heavy atom. The molecule has 164 valence electrons. The van der Waals surface area contributed by atoms with E-state index in [0.717, 1.165) is 11.3 Å². The van der Waals surface area contributed by atoms with Crippen molar-refractivity contribution in [3.05, 3.63) is 51.3 Å². The standard InChI is InChI=1S/C22H22BrNO5S2/c1-4-24-21(25)19(31-22(24)30)12-14-10-17(23)20(18(11-14)27-3)29-9-8-28-16-7-5-6-15(13-16)26-2/h5-7,10-13H,4,8-9H2,1-3H3/b19-12+. The van der Waals surface area contributed by atoms with Gasteiger partial charge in [-0.05, 0) is 58.8 Å². The first-order valence-electron chi connectivity index (χ1n) is 9.49. The lowest BCUT2D eigenvalue weighted by atomic mass is 10.2. The van der Waals surface area contributed by atoms with Gasteiger partial charge in [-0.2, -0.15) is 0 Å². The van der Waals surface area contributed by atoms with Crippen molar-refractivity contribution < 1.29 is 23.7 Å². The summed E-state index contributed by atoms with van der Waals surface area (Å²) < 4.78 is 23.6. The highest BCUT2D eigenvalue weighted by molar-refractivity contribution is 9.10. The largest absolute Gasteiger partial charge is 0.497 e. The van der Waals surface area contributed by atoms with Crippen molar-refractivity contribution in [3.63, 3.8) is 0 Å². The zero-order chi connectivity index (χ0) is 22.4. The number of amides is 1. The van der Waals surface area contributed by atoms with Gasteiger partial charge in [0, 0.05) is 12.6 Å². The molecule has 1 aliphatic heterocycles. The molecule has 3 rings (SSSR count). The van der Waals surface area contributed by atoms with Crippen molar-refractivity contribution in [1.29, 1.82) is 0 Å². The monoisotopic (exact) mass is 523 g/mol. The number of carbonyl (C=O) groups excluding carboxylic acids is 1. The van der Waals surface area contributed by atoms with E-state index in [0.29, 0.717) is 50.7 Å². The molecule has 9 heteroatoms. The summed E-state index contributed by atoms with van der Waals surface area (Å²) in [5.41, 5.74) is 0.806. The summed E-state index contributed by atoms with van der Waals surface area (Å²) in [4.78, 5) is 14.6. The molecule has 1 saturated heterocycles.